The third-order valence-corrected chi connectivity index (χ3v) is 6.17. The number of ether oxygens (including phenoxy) is 2. The minimum atomic E-state index is -0.132. The number of rotatable bonds is 4. The van der Waals surface area contributed by atoms with Crippen molar-refractivity contribution in [3.8, 4) is 5.88 Å². The van der Waals surface area contributed by atoms with E-state index in [2.05, 4.69) is 14.8 Å². The molecule has 1 aromatic rings. The van der Waals surface area contributed by atoms with Gasteiger partial charge in [-0.25, -0.2) is 9.78 Å². The van der Waals surface area contributed by atoms with Gasteiger partial charge in [-0.1, -0.05) is 6.42 Å². The van der Waals surface area contributed by atoms with Gasteiger partial charge in [-0.15, -0.1) is 0 Å². The van der Waals surface area contributed by atoms with Crippen molar-refractivity contribution in [1.82, 2.24) is 14.8 Å². The van der Waals surface area contributed by atoms with Crippen LogP contribution in [-0.4, -0.2) is 79.4 Å². The third-order valence-electron chi connectivity index (χ3n) is 6.17. The number of hydrogen-bond acceptors (Lipinski definition) is 6. The quantitative estimate of drug-likeness (QED) is 0.806. The first-order valence-corrected chi connectivity index (χ1v) is 10.2. The van der Waals surface area contributed by atoms with E-state index in [1.807, 2.05) is 23.2 Å². The van der Waals surface area contributed by atoms with E-state index in [0.29, 0.717) is 5.88 Å². The van der Waals surface area contributed by atoms with Gasteiger partial charge in [0.05, 0.1) is 19.0 Å². The van der Waals surface area contributed by atoms with Crippen LogP contribution in [0, 0.1) is 0 Å². The smallest absolute Gasteiger partial charge is 0.410 e. The maximum atomic E-state index is 12.5. The lowest BCUT2D eigenvalue weighted by molar-refractivity contribution is 0.0230. The van der Waals surface area contributed by atoms with E-state index in [4.69, 9.17) is 9.47 Å². The Morgan fingerprint density at radius 1 is 1.04 bits per heavy atom. The van der Waals surface area contributed by atoms with Crippen molar-refractivity contribution in [2.24, 2.45) is 0 Å². The second-order valence-corrected chi connectivity index (χ2v) is 7.74. The van der Waals surface area contributed by atoms with Crippen molar-refractivity contribution < 1.29 is 14.3 Å². The number of amides is 1. The zero-order chi connectivity index (χ0) is 18.6. The number of methoxy groups -OCH3 is 1. The van der Waals surface area contributed by atoms with Gasteiger partial charge in [0.25, 0.3) is 0 Å². The fourth-order valence-corrected chi connectivity index (χ4v) is 4.15. The van der Waals surface area contributed by atoms with Crippen LogP contribution in [0.5, 0.6) is 5.88 Å². The van der Waals surface area contributed by atoms with Crippen molar-refractivity contribution in [1.29, 1.82) is 0 Å². The highest BCUT2D eigenvalue weighted by Crippen LogP contribution is 2.26. The van der Waals surface area contributed by atoms with E-state index in [-0.39, 0.29) is 12.2 Å². The highest BCUT2D eigenvalue weighted by molar-refractivity contribution is 5.68. The van der Waals surface area contributed by atoms with Crippen LogP contribution in [0.3, 0.4) is 0 Å². The van der Waals surface area contributed by atoms with Gasteiger partial charge >= 0.3 is 6.09 Å². The molecular formula is C20H30N4O3. The summed E-state index contributed by atoms with van der Waals surface area (Å²) in [5.41, 5.74) is 1.09. The maximum Gasteiger partial charge on any atom is 0.410 e. The number of nitrogens with zero attached hydrogens (tertiary/aromatic N) is 4. The molecule has 3 fully saturated rings. The average Bonchev–Trinajstić information content (AvgIpc) is 2.68. The minimum Gasteiger partial charge on any atom is -0.481 e. The first-order valence-electron chi connectivity index (χ1n) is 10.2. The lowest BCUT2D eigenvalue weighted by Gasteiger charge is -2.43. The number of hydrogen-bond donors (Lipinski definition) is 0. The average molecular weight is 374 g/mol. The molecule has 0 spiro atoms. The fourth-order valence-electron chi connectivity index (χ4n) is 4.15. The summed E-state index contributed by atoms with van der Waals surface area (Å²) >= 11 is 0. The number of piperazine rings is 1. The number of pyridine rings is 1. The Hall–Kier alpha value is -2.02. The molecule has 0 aromatic carbocycles. The van der Waals surface area contributed by atoms with Crippen molar-refractivity contribution in [2.45, 2.75) is 44.2 Å². The molecule has 2 saturated heterocycles. The van der Waals surface area contributed by atoms with E-state index in [0.717, 1.165) is 63.8 Å². The molecule has 0 atom stereocenters. The van der Waals surface area contributed by atoms with Crippen LogP contribution in [0.4, 0.5) is 10.5 Å². The Morgan fingerprint density at radius 2 is 1.78 bits per heavy atom. The number of aromatic nitrogens is 1. The van der Waals surface area contributed by atoms with Crippen LogP contribution in [0.1, 0.15) is 32.1 Å². The van der Waals surface area contributed by atoms with E-state index >= 15 is 0 Å². The van der Waals surface area contributed by atoms with Gasteiger partial charge in [0.15, 0.2) is 0 Å². The summed E-state index contributed by atoms with van der Waals surface area (Å²) in [6.07, 6.45) is 7.46. The Morgan fingerprint density at radius 3 is 2.33 bits per heavy atom. The Balaban J connectivity index is 1.20. The molecule has 4 rings (SSSR count). The zero-order valence-electron chi connectivity index (χ0n) is 16.2. The first kappa shape index (κ1) is 18.3. The van der Waals surface area contributed by atoms with Crippen molar-refractivity contribution in [2.75, 3.05) is 51.3 Å². The van der Waals surface area contributed by atoms with Crippen LogP contribution in [-0.2, 0) is 4.74 Å². The molecule has 3 aliphatic rings. The van der Waals surface area contributed by atoms with Crippen molar-refractivity contribution in [3.05, 3.63) is 18.3 Å². The second-order valence-electron chi connectivity index (χ2n) is 7.74. The lowest BCUT2D eigenvalue weighted by atomic mass is 9.91. The molecule has 7 nitrogen and oxygen atoms in total. The van der Waals surface area contributed by atoms with Crippen LogP contribution in [0.25, 0.3) is 0 Å². The summed E-state index contributed by atoms with van der Waals surface area (Å²) in [4.78, 5) is 23.5. The molecule has 0 radical (unpaired) electrons. The molecule has 2 aliphatic heterocycles. The molecule has 1 amide bonds. The van der Waals surface area contributed by atoms with Crippen molar-refractivity contribution in [3.63, 3.8) is 0 Å². The van der Waals surface area contributed by atoms with Crippen LogP contribution in [0.15, 0.2) is 18.3 Å². The summed E-state index contributed by atoms with van der Waals surface area (Å²) < 4.78 is 10.9. The van der Waals surface area contributed by atoms with Crippen molar-refractivity contribution >= 4 is 11.8 Å². The number of anilines is 1. The molecule has 148 valence electrons. The molecule has 0 N–H and O–H groups in total. The third kappa shape index (κ3) is 4.29. The largest absolute Gasteiger partial charge is 0.481 e. The van der Waals surface area contributed by atoms with E-state index in [1.165, 1.54) is 19.3 Å². The maximum absolute atomic E-state index is 12.5. The number of carbonyl (C=O) groups is 1. The Labute approximate surface area is 161 Å². The van der Waals surface area contributed by atoms with E-state index < -0.39 is 0 Å². The molecule has 1 aliphatic carbocycles. The predicted octanol–water partition coefficient (Wildman–Crippen LogP) is 2.37. The van der Waals surface area contributed by atoms with Gasteiger partial charge < -0.3 is 19.3 Å². The summed E-state index contributed by atoms with van der Waals surface area (Å²) in [5, 5.41) is 0. The van der Waals surface area contributed by atoms with Crippen LogP contribution >= 0.6 is 0 Å². The molecule has 0 unspecified atom stereocenters. The van der Waals surface area contributed by atoms with E-state index in [9.17, 15) is 4.79 Å². The van der Waals surface area contributed by atoms with Crippen LogP contribution < -0.4 is 9.64 Å². The van der Waals surface area contributed by atoms with E-state index in [1.54, 1.807) is 7.11 Å². The van der Waals surface area contributed by atoms with Gasteiger partial charge in [0.2, 0.25) is 5.88 Å². The topological polar surface area (TPSA) is 58.1 Å². The standard InChI is InChI=1S/C20H30N4O3/c1-26-19-6-5-17(15-21-19)22-9-7-18(8-10-22)27-20(25)24-13-11-23(12-14-24)16-3-2-4-16/h5-6,15-16,18H,2-4,7-14H2,1H3. The highest BCUT2D eigenvalue weighted by atomic mass is 16.6. The molecular weight excluding hydrogens is 344 g/mol. The van der Waals surface area contributed by atoms with Gasteiger partial charge in [-0.2, -0.15) is 0 Å². The molecule has 1 saturated carbocycles. The molecule has 0 bridgehead atoms. The van der Waals surface area contributed by atoms with Gasteiger partial charge in [0.1, 0.15) is 6.10 Å². The van der Waals surface area contributed by atoms with Gasteiger partial charge in [0, 0.05) is 64.2 Å². The first-order chi connectivity index (χ1) is 13.2. The summed E-state index contributed by atoms with van der Waals surface area (Å²) in [7, 11) is 1.62. The van der Waals surface area contributed by atoms with Gasteiger partial charge in [-0.05, 0) is 18.9 Å². The second kappa shape index (κ2) is 8.33. The van der Waals surface area contributed by atoms with Gasteiger partial charge in [-0.3, -0.25) is 4.90 Å². The summed E-state index contributed by atoms with van der Waals surface area (Å²) in [5.74, 6) is 0.625. The highest BCUT2D eigenvalue weighted by Gasteiger charge is 2.31. The fraction of sp³-hybridized carbons (Fsp3) is 0.700. The molecule has 1 aromatic heterocycles. The zero-order valence-corrected chi connectivity index (χ0v) is 16.2. The Bertz CT molecular complexity index is 619. The number of carbonyl (C=O) groups excluding carboxylic acids is 1. The monoisotopic (exact) mass is 374 g/mol. The summed E-state index contributed by atoms with van der Waals surface area (Å²) in [6, 6.07) is 4.67. The lowest BCUT2D eigenvalue weighted by Crippen LogP contribution is -2.54. The minimum absolute atomic E-state index is 0.0182. The molecule has 7 heteroatoms. The number of piperidine rings is 1. The molecule has 27 heavy (non-hydrogen) atoms. The molecule has 3 heterocycles. The summed E-state index contributed by atoms with van der Waals surface area (Å²) in [6.45, 7) is 5.32. The van der Waals surface area contributed by atoms with Crippen LogP contribution in [0.2, 0.25) is 0 Å². The normalized spacial score (nSPS) is 22.4. The predicted molar refractivity (Wildman–Crippen MR) is 103 cm³/mol. The SMILES string of the molecule is COc1ccc(N2CCC(OC(=O)N3CCN(C4CCC4)CC3)CC2)cn1. The Kier molecular flexibility index (Phi) is 5.66.